The standard InChI is InChI=1S/C30H40N4O6/c1-20(35)31-24-13-12-22-14-15-34(17-23(22)16-24)26(36)25(19-39-18-21-10-8-7-9-11-21)32-27(37)30(5,6)33-28(38)40-29(2,3)4/h7-13,16,25H,14-15,17-19H2,1-6H3,(H,31,35)(H,32,37)(H,33,38). The Hall–Kier alpha value is -3.92. The van der Waals surface area contributed by atoms with E-state index in [2.05, 4.69) is 16.0 Å². The molecule has 1 atom stereocenters. The molecule has 10 nitrogen and oxygen atoms in total. The SMILES string of the molecule is CC(=O)Nc1ccc2c(c1)CN(C(=O)C(COCc1ccccc1)NC(=O)C(C)(C)NC(=O)OC(C)(C)C)CC2. The van der Waals surface area contributed by atoms with Gasteiger partial charge in [0.1, 0.15) is 17.2 Å². The molecule has 0 radical (unpaired) electrons. The summed E-state index contributed by atoms with van der Waals surface area (Å²) in [4.78, 5) is 52.5. The van der Waals surface area contributed by atoms with E-state index in [1.165, 1.54) is 6.92 Å². The molecule has 1 aliphatic rings. The van der Waals surface area contributed by atoms with Gasteiger partial charge < -0.3 is 30.3 Å². The second kappa shape index (κ2) is 13.0. The van der Waals surface area contributed by atoms with Crippen molar-refractivity contribution in [3.8, 4) is 0 Å². The van der Waals surface area contributed by atoms with Crippen LogP contribution < -0.4 is 16.0 Å². The molecule has 4 amide bonds. The number of carbonyl (C=O) groups excluding carboxylic acids is 4. The van der Waals surface area contributed by atoms with E-state index in [1.54, 1.807) is 39.5 Å². The van der Waals surface area contributed by atoms with Crippen molar-refractivity contribution in [1.29, 1.82) is 0 Å². The average Bonchev–Trinajstić information content (AvgIpc) is 2.86. The first kappa shape index (κ1) is 30.6. The molecule has 0 spiro atoms. The minimum atomic E-state index is -1.36. The number of benzene rings is 2. The first-order valence-corrected chi connectivity index (χ1v) is 13.4. The van der Waals surface area contributed by atoms with Crippen LogP contribution in [0.5, 0.6) is 0 Å². The fourth-order valence-corrected chi connectivity index (χ4v) is 4.24. The molecule has 0 saturated carbocycles. The van der Waals surface area contributed by atoms with Crippen molar-refractivity contribution in [2.24, 2.45) is 0 Å². The Kier molecular flexibility index (Phi) is 9.92. The zero-order valence-corrected chi connectivity index (χ0v) is 24.1. The molecular weight excluding hydrogens is 512 g/mol. The van der Waals surface area contributed by atoms with Gasteiger partial charge in [-0.3, -0.25) is 14.4 Å². The summed E-state index contributed by atoms with van der Waals surface area (Å²) < 4.78 is 11.2. The van der Waals surface area contributed by atoms with Crippen molar-refractivity contribution in [2.75, 3.05) is 18.5 Å². The molecule has 0 aromatic heterocycles. The largest absolute Gasteiger partial charge is 0.444 e. The van der Waals surface area contributed by atoms with E-state index in [-0.39, 0.29) is 25.0 Å². The number of rotatable bonds is 9. The van der Waals surface area contributed by atoms with Gasteiger partial charge in [0.05, 0.1) is 13.2 Å². The third kappa shape index (κ3) is 9.08. The van der Waals surface area contributed by atoms with Gasteiger partial charge in [0.25, 0.3) is 0 Å². The molecule has 0 aliphatic carbocycles. The summed E-state index contributed by atoms with van der Waals surface area (Å²) in [6, 6.07) is 14.2. The molecule has 1 heterocycles. The Morgan fingerprint density at radius 2 is 1.68 bits per heavy atom. The number of nitrogens with zero attached hydrogens (tertiary/aromatic N) is 1. The van der Waals surface area contributed by atoms with Crippen LogP contribution in [0.25, 0.3) is 0 Å². The van der Waals surface area contributed by atoms with E-state index in [9.17, 15) is 19.2 Å². The van der Waals surface area contributed by atoms with Crippen molar-refractivity contribution in [1.82, 2.24) is 15.5 Å². The van der Waals surface area contributed by atoms with Crippen LogP contribution >= 0.6 is 0 Å². The van der Waals surface area contributed by atoms with Gasteiger partial charge in [0, 0.05) is 25.7 Å². The highest BCUT2D eigenvalue weighted by molar-refractivity contribution is 5.94. The summed E-state index contributed by atoms with van der Waals surface area (Å²) in [5.74, 6) is -1.03. The molecule has 1 aliphatic heterocycles. The number of nitrogens with one attached hydrogen (secondary N) is 3. The summed E-state index contributed by atoms with van der Waals surface area (Å²) in [5, 5.41) is 8.14. The van der Waals surface area contributed by atoms with Gasteiger partial charge in [-0.05, 0) is 69.9 Å². The number of fused-ring (bicyclic) bond motifs is 1. The van der Waals surface area contributed by atoms with Crippen LogP contribution in [0.15, 0.2) is 48.5 Å². The molecule has 0 fully saturated rings. The second-order valence-electron chi connectivity index (χ2n) is 11.5. The molecule has 1 unspecified atom stereocenters. The van der Waals surface area contributed by atoms with Crippen molar-refractivity contribution >= 4 is 29.5 Å². The lowest BCUT2D eigenvalue weighted by Crippen LogP contribution is -2.60. The smallest absolute Gasteiger partial charge is 0.408 e. The van der Waals surface area contributed by atoms with Crippen molar-refractivity contribution in [2.45, 2.75) is 78.3 Å². The van der Waals surface area contributed by atoms with E-state index in [0.717, 1.165) is 16.7 Å². The number of ether oxygens (including phenoxy) is 2. The quantitative estimate of drug-likeness (QED) is 0.437. The maximum Gasteiger partial charge on any atom is 0.408 e. The fourth-order valence-electron chi connectivity index (χ4n) is 4.24. The van der Waals surface area contributed by atoms with E-state index < -0.39 is 29.2 Å². The first-order chi connectivity index (χ1) is 18.7. The summed E-state index contributed by atoms with van der Waals surface area (Å²) in [6.45, 7) is 10.7. The van der Waals surface area contributed by atoms with Gasteiger partial charge in [-0.15, -0.1) is 0 Å². The second-order valence-corrected chi connectivity index (χ2v) is 11.5. The third-order valence-corrected chi connectivity index (χ3v) is 6.23. The predicted molar refractivity (Wildman–Crippen MR) is 151 cm³/mol. The van der Waals surface area contributed by atoms with Gasteiger partial charge in [0.2, 0.25) is 17.7 Å². The number of carbonyl (C=O) groups is 4. The van der Waals surface area contributed by atoms with Gasteiger partial charge in [0.15, 0.2) is 0 Å². The lowest BCUT2D eigenvalue weighted by Gasteiger charge is -2.34. The summed E-state index contributed by atoms with van der Waals surface area (Å²) >= 11 is 0. The van der Waals surface area contributed by atoms with Crippen LogP contribution in [-0.4, -0.2) is 59.0 Å². The zero-order valence-electron chi connectivity index (χ0n) is 24.1. The minimum absolute atomic E-state index is 0.0583. The van der Waals surface area contributed by atoms with Gasteiger partial charge in [-0.2, -0.15) is 0 Å². The molecular formula is C30H40N4O6. The molecule has 2 aromatic rings. The van der Waals surface area contributed by atoms with Crippen molar-refractivity contribution in [3.63, 3.8) is 0 Å². The Morgan fingerprint density at radius 3 is 2.33 bits per heavy atom. The number of anilines is 1. The Labute approximate surface area is 235 Å². The van der Waals surface area contributed by atoms with E-state index in [1.807, 2.05) is 48.5 Å². The van der Waals surface area contributed by atoms with Crippen LogP contribution in [0, 0.1) is 0 Å². The first-order valence-electron chi connectivity index (χ1n) is 13.4. The summed E-state index contributed by atoms with van der Waals surface area (Å²) in [7, 11) is 0. The molecule has 40 heavy (non-hydrogen) atoms. The Balaban J connectivity index is 1.74. The number of hydrogen-bond donors (Lipinski definition) is 3. The number of alkyl carbamates (subject to hydrolysis) is 1. The highest BCUT2D eigenvalue weighted by Crippen LogP contribution is 2.23. The van der Waals surface area contributed by atoms with E-state index in [4.69, 9.17) is 9.47 Å². The Bertz CT molecular complexity index is 1220. The lowest BCUT2D eigenvalue weighted by molar-refractivity contribution is -0.140. The number of hydrogen-bond acceptors (Lipinski definition) is 6. The third-order valence-electron chi connectivity index (χ3n) is 6.23. The maximum atomic E-state index is 13.7. The van der Waals surface area contributed by atoms with Crippen LogP contribution in [0.4, 0.5) is 10.5 Å². The molecule has 3 rings (SSSR count). The zero-order chi connectivity index (χ0) is 29.5. The minimum Gasteiger partial charge on any atom is -0.444 e. The molecule has 3 N–H and O–H groups in total. The Morgan fingerprint density at radius 1 is 0.975 bits per heavy atom. The van der Waals surface area contributed by atoms with Crippen molar-refractivity contribution in [3.05, 3.63) is 65.2 Å². The summed E-state index contributed by atoms with van der Waals surface area (Å²) in [6.07, 6.45) is -0.1000. The molecule has 216 valence electrons. The summed E-state index contributed by atoms with van der Waals surface area (Å²) in [5.41, 5.74) is 1.53. The normalized spacial score (nSPS) is 14.0. The highest BCUT2D eigenvalue weighted by Gasteiger charge is 2.36. The highest BCUT2D eigenvalue weighted by atomic mass is 16.6. The van der Waals surface area contributed by atoms with Crippen LogP contribution in [0.3, 0.4) is 0 Å². The van der Waals surface area contributed by atoms with Crippen molar-refractivity contribution < 1.29 is 28.7 Å². The maximum absolute atomic E-state index is 13.7. The van der Waals surface area contributed by atoms with Gasteiger partial charge >= 0.3 is 6.09 Å². The monoisotopic (exact) mass is 552 g/mol. The van der Waals surface area contributed by atoms with E-state index >= 15 is 0 Å². The van der Waals surface area contributed by atoms with Crippen LogP contribution in [0.1, 0.15) is 58.2 Å². The predicted octanol–water partition coefficient (Wildman–Crippen LogP) is 3.53. The molecule has 10 heteroatoms. The fraction of sp³-hybridized carbons (Fsp3) is 0.467. The topological polar surface area (TPSA) is 126 Å². The lowest BCUT2D eigenvalue weighted by atomic mass is 9.98. The van der Waals surface area contributed by atoms with Crippen LogP contribution in [0.2, 0.25) is 0 Å². The van der Waals surface area contributed by atoms with Crippen LogP contribution in [-0.2, 0) is 43.4 Å². The molecule has 2 aromatic carbocycles. The van der Waals surface area contributed by atoms with E-state index in [0.29, 0.717) is 25.2 Å². The van der Waals surface area contributed by atoms with Gasteiger partial charge in [-0.25, -0.2) is 4.79 Å². The average molecular weight is 553 g/mol. The number of amides is 4. The molecule has 0 saturated heterocycles. The van der Waals surface area contributed by atoms with Gasteiger partial charge in [-0.1, -0.05) is 36.4 Å². The molecule has 0 bridgehead atoms.